The highest BCUT2D eigenvalue weighted by Crippen LogP contribution is 2.34. The molecule has 0 saturated carbocycles. The lowest BCUT2D eigenvalue weighted by Gasteiger charge is -2.28. The molecule has 0 aliphatic rings. The van der Waals surface area contributed by atoms with Crippen molar-refractivity contribution >= 4 is 23.7 Å². The molecule has 1 aromatic heterocycles. The first-order chi connectivity index (χ1) is 18.2. The molecule has 1 heterocycles. The maximum absolute atomic E-state index is 13.1. The number of carbonyl (C=O) groups is 2. The smallest absolute Gasteiger partial charge is 0.346 e. The average Bonchev–Trinajstić information content (AvgIpc) is 3.15. The molecule has 2 aromatic carbocycles. The first kappa shape index (κ1) is 30.2. The van der Waals surface area contributed by atoms with Crippen molar-refractivity contribution in [3.63, 3.8) is 0 Å². The maximum atomic E-state index is 13.1. The minimum atomic E-state index is -0.801. The minimum absolute atomic E-state index is 0.232. The molecular weight excluding hydrogens is 514 g/mol. The number of aromatic nitrogens is 3. The van der Waals surface area contributed by atoms with Gasteiger partial charge < -0.3 is 9.47 Å². The highest BCUT2D eigenvalue weighted by molar-refractivity contribution is 8.01. The summed E-state index contributed by atoms with van der Waals surface area (Å²) in [6.45, 7) is 15.6. The fraction of sp³-hybridized carbons (Fsp3) is 0.467. The summed E-state index contributed by atoms with van der Waals surface area (Å²) >= 11 is 1.36. The van der Waals surface area contributed by atoms with Gasteiger partial charge in [-0.25, -0.2) is 14.3 Å². The van der Waals surface area contributed by atoms with Crippen LogP contribution in [-0.4, -0.2) is 36.6 Å². The van der Waals surface area contributed by atoms with Crippen molar-refractivity contribution < 1.29 is 19.1 Å². The van der Waals surface area contributed by atoms with Crippen LogP contribution < -0.4 is 5.69 Å². The van der Waals surface area contributed by atoms with Crippen LogP contribution in [0.25, 0.3) is 0 Å². The molecule has 0 fully saturated rings. The lowest BCUT2D eigenvalue weighted by Crippen LogP contribution is -2.36. The number of nitrogens with zero attached hydrogens (tertiary/aromatic N) is 3. The van der Waals surface area contributed by atoms with E-state index >= 15 is 0 Å². The zero-order valence-corrected chi connectivity index (χ0v) is 24.9. The Kier molecular flexibility index (Phi) is 9.48. The summed E-state index contributed by atoms with van der Waals surface area (Å²) in [5, 5.41) is 4.53. The molecule has 0 spiro atoms. The van der Waals surface area contributed by atoms with Gasteiger partial charge in [-0.2, -0.15) is 5.10 Å². The van der Waals surface area contributed by atoms with E-state index in [9.17, 15) is 14.4 Å². The third kappa shape index (κ3) is 8.08. The van der Waals surface area contributed by atoms with Gasteiger partial charge in [-0.05, 0) is 84.7 Å². The molecular formula is C30H39N3O5S. The van der Waals surface area contributed by atoms with Crippen LogP contribution >= 0.6 is 11.8 Å². The van der Waals surface area contributed by atoms with E-state index in [1.54, 1.807) is 35.8 Å². The van der Waals surface area contributed by atoms with Crippen LogP contribution in [0.1, 0.15) is 88.3 Å². The van der Waals surface area contributed by atoms with Crippen LogP contribution in [0.3, 0.4) is 0 Å². The van der Waals surface area contributed by atoms with Crippen molar-refractivity contribution in [1.29, 1.82) is 0 Å². The van der Waals surface area contributed by atoms with Gasteiger partial charge in [0, 0.05) is 11.4 Å². The summed E-state index contributed by atoms with van der Waals surface area (Å²) in [4.78, 5) is 39.4. The fourth-order valence-corrected chi connectivity index (χ4v) is 4.83. The van der Waals surface area contributed by atoms with Gasteiger partial charge in [0.25, 0.3) is 0 Å². The Bertz CT molecular complexity index is 1350. The van der Waals surface area contributed by atoms with Gasteiger partial charge in [0.1, 0.15) is 10.3 Å². The second-order valence-corrected chi connectivity index (χ2v) is 12.8. The molecule has 1 atom stereocenters. The van der Waals surface area contributed by atoms with Crippen molar-refractivity contribution in [2.75, 3.05) is 0 Å². The summed E-state index contributed by atoms with van der Waals surface area (Å²) in [5.41, 5.74) is 1.67. The zero-order valence-electron chi connectivity index (χ0n) is 24.1. The fourth-order valence-electron chi connectivity index (χ4n) is 3.84. The van der Waals surface area contributed by atoms with Crippen LogP contribution in [0.15, 0.2) is 58.2 Å². The third-order valence-electron chi connectivity index (χ3n) is 5.85. The molecule has 3 aromatic rings. The third-order valence-corrected chi connectivity index (χ3v) is 7.04. The molecule has 0 radical (unpaired) electrons. The minimum Gasteiger partial charge on any atom is -0.459 e. The first-order valence-corrected chi connectivity index (χ1v) is 14.0. The number of thioether (sulfide) groups is 1. The molecule has 0 unspecified atom stereocenters. The summed E-state index contributed by atoms with van der Waals surface area (Å²) in [7, 11) is 0. The van der Waals surface area contributed by atoms with E-state index in [4.69, 9.17) is 9.47 Å². The van der Waals surface area contributed by atoms with Crippen LogP contribution in [0.4, 0.5) is 0 Å². The van der Waals surface area contributed by atoms with Crippen LogP contribution in [0.2, 0.25) is 0 Å². The Morgan fingerprint density at radius 2 is 1.62 bits per heavy atom. The molecule has 39 heavy (non-hydrogen) atoms. The van der Waals surface area contributed by atoms with Gasteiger partial charge >= 0.3 is 17.6 Å². The number of benzene rings is 2. The Morgan fingerprint density at radius 1 is 1.00 bits per heavy atom. The van der Waals surface area contributed by atoms with Crippen molar-refractivity contribution in [2.24, 2.45) is 0 Å². The zero-order chi connectivity index (χ0) is 29.0. The van der Waals surface area contributed by atoms with Crippen LogP contribution in [0.5, 0.6) is 0 Å². The lowest BCUT2D eigenvalue weighted by atomic mass is 10.1. The van der Waals surface area contributed by atoms with E-state index < -0.39 is 22.4 Å². The van der Waals surface area contributed by atoms with E-state index in [1.165, 1.54) is 16.4 Å². The summed E-state index contributed by atoms with van der Waals surface area (Å²) in [6, 6.07) is 14.8. The van der Waals surface area contributed by atoms with E-state index in [0.717, 1.165) is 22.4 Å². The predicted octanol–water partition coefficient (Wildman–Crippen LogP) is 5.94. The van der Waals surface area contributed by atoms with Gasteiger partial charge in [0.2, 0.25) is 0 Å². The van der Waals surface area contributed by atoms with Crippen LogP contribution in [-0.2, 0) is 27.4 Å². The number of hydrogen-bond acceptors (Lipinski definition) is 7. The van der Waals surface area contributed by atoms with Gasteiger partial charge in [0.05, 0.1) is 12.1 Å². The molecule has 210 valence electrons. The molecule has 0 bridgehead atoms. The Hall–Kier alpha value is -3.33. The predicted molar refractivity (Wildman–Crippen MR) is 153 cm³/mol. The quantitative estimate of drug-likeness (QED) is 0.227. The average molecular weight is 554 g/mol. The molecule has 0 amide bonds. The second-order valence-electron chi connectivity index (χ2n) is 11.1. The molecule has 0 saturated heterocycles. The Balaban J connectivity index is 1.72. The van der Waals surface area contributed by atoms with Crippen LogP contribution in [0, 0.1) is 6.92 Å². The summed E-state index contributed by atoms with van der Waals surface area (Å²) in [5.74, 6) is -0.417. The monoisotopic (exact) mass is 553 g/mol. The van der Waals surface area contributed by atoms with Crippen molar-refractivity contribution in [2.45, 2.75) is 96.2 Å². The first-order valence-electron chi connectivity index (χ1n) is 13.2. The highest BCUT2D eigenvalue weighted by atomic mass is 32.2. The lowest BCUT2D eigenvalue weighted by molar-refractivity contribution is -0.156. The number of ether oxygens (including phenoxy) is 2. The number of esters is 2. The molecule has 9 heteroatoms. The molecule has 0 N–H and O–H groups in total. The number of carbonyl (C=O) groups excluding carboxylic acids is 2. The summed E-state index contributed by atoms with van der Waals surface area (Å²) < 4.78 is 13.4. The number of hydrogen-bond donors (Lipinski definition) is 0. The number of rotatable bonds is 10. The SMILES string of the molecule is CCCn1c([C@H](C)OC(=O)c2ccc(SC(C)(C)C(=O)OC(C)(C)C)cc2)nn(Cc2ccc(C)cc2)c1=O. The highest BCUT2D eigenvalue weighted by Gasteiger charge is 2.34. The molecule has 3 rings (SSSR count). The molecule has 0 aliphatic carbocycles. The van der Waals surface area contributed by atoms with E-state index in [2.05, 4.69) is 5.10 Å². The standard InChI is InChI=1S/C30H39N3O5S/c1-9-18-32-25(31-33(28(32)36)19-22-12-10-20(2)11-13-22)21(3)37-26(34)23-14-16-24(17-15-23)39-30(7,8)27(35)38-29(4,5)6/h10-17,21H,9,18-19H2,1-8H3/t21-/m0/s1. The number of aryl methyl sites for hydroxylation is 1. The van der Waals surface area contributed by atoms with Gasteiger partial charge in [0.15, 0.2) is 11.9 Å². The Morgan fingerprint density at radius 3 is 2.18 bits per heavy atom. The van der Waals surface area contributed by atoms with E-state index in [0.29, 0.717) is 24.5 Å². The molecule has 8 nitrogen and oxygen atoms in total. The Labute approximate surface area is 234 Å². The van der Waals surface area contributed by atoms with Gasteiger partial charge in [-0.3, -0.25) is 9.36 Å². The van der Waals surface area contributed by atoms with Crippen molar-refractivity contribution in [1.82, 2.24) is 14.3 Å². The second kappa shape index (κ2) is 12.2. The molecule has 0 aliphatic heterocycles. The van der Waals surface area contributed by atoms with E-state index in [1.807, 2.05) is 72.7 Å². The van der Waals surface area contributed by atoms with Crippen molar-refractivity contribution in [3.05, 3.63) is 81.5 Å². The van der Waals surface area contributed by atoms with Crippen molar-refractivity contribution in [3.8, 4) is 0 Å². The largest absolute Gasteiger partial charge is 0.459 e. The summed E-state index contributed by atoms with van der Waals surface area (Å²) in [6.07, 6.45) is 0.0129. The maximum Gasteiger partial charge on any atom is 0.346 e. The normalized spacial score (nSPS) is 12.7. The van der Waals surface area contributed by atoms with E-state index in [-0.39, 0.29) is 11.7 Å². The van der Waals surface area contributed by atoms with Gasteiger partial charge in [-0.1, -0.05) is 36.8 Å². The topological polar surface area (TPSA) is 92.4 Å². The van der Waals surface area contributed by atoms with Gasteiger partial charge in [-0.15, -0.1) is 11.8 Å².